The van der Waals surface area contributed by atoms with Crippen LogP contribution >= 0.6 is 0 Å². The van der Waals surface area contributed by atoms with Crippen LogP contribution in [0.25, 0.3) is 5.65 Å². The molecule has 0 aliphatic carbocycles. The Morgan fingerprint density at radius 2 is 2.32 bits per heavy atom. The molecule has 1 aliphatic rings. The Balaban J connectivity index is 1.92. The summed E-state index contributed by atoms with van der Waals surface area (Å²) in [5.74, 6) is 1.87. The van der Waals surface area contributed by atoms with Crippen molar-refractivity contribution in [3.05, 3.63) is 24.0 Å². The van der Waals surface area contributed by atoms with Gasteiger partial charge in [-0.1, -0.05) is 0 Å². The monoisotopic (exact) mass is 259 g/mol. The maximum absolute atomic E-state index is 5.70. The van der Waals surface area contributed by atoms with Crippen molar-refractivity contribution < 1.29 is 0 Å². The molecule has 0 amide bonds. The van der Waals surface area contributed by atoms with Crippen molar-refractivity contribution in [3.8, 4) is 0 Å². The van der Waals surface area contributed by atoms with Crippen LogP contribution in [0.2, 0.25) is 0 Å². The van der Waals surface area contributed by atoms with Gasteiger partial charge in [-0.2, -0.15) is 9.61 Å². The number of aromatic nitrogens is 3. The topological polar surface area (TPSA) is 59.5 Å². The number of anilines is 1. The van der Waals surface area contributed by atoms with E-state index in [-0.39, 0.29) is 0 Å². The molecular weight excluding hydrogens is 238 g/mol. The summed E-state index contributed by atoms with van der Waals surface area (Å²) in [6, 6.07) is 4.27. The molecule has 1 atom stereocenters. The van der Waals surface area contributed by atoms with Gasteiger partial charge in [-0.3, -0.25) is 0 Å². The molecule has 19 heavy (non-hydrogen) atoms. The van der Waals surface area contributed by atoms with Crippen LogP contribution in [0.1, 0.15) is 24.8 Å². The van der Waals surface area contributed by atoms with E-state index in [0.717, 1.165) is 37.5 Å². The molecule has 102 valence electrons. The Bertz CT molecular complexity index is 560. The second-order valence-electron chi connectivity index (χ2n) is 5.45. The van der Waals surface area contributed by atoms with Gasteiger partial charge in [0.1, 0.15) is 12.1 Å². The molecule has 1 fully saturated rings. The number of nitrogens with two attached hydrogens (primary N) is 1. The fourth-order valence-corrected chi connectivity index (χ4v) is 3.01. The lowest BCUT2D eigenvalue weighted by Gasteiger charge is -2.34. The molecule has 0 aromatic carbocycles. The Morgan fingerprint density at radius 3 is 3.16 bits per heavy atom. The van der Waals surface area contributed by atoms with E-state index in [1.54, 1.807) is 6.33 Å². The molecule has 1 unspecified atom stereocenters. The number of piperidine rings is 1. The van der Waals surface area contributed by atoms with Crippen molar-refractivity contribution in [1.82, 2.24) is 14.6 Å². The van der Waals surface area contributed by atoms with Crippen molar-refractivity contribution in [2.45, 2.75) is 26.2 Å². The van der Waals surface area contributed by atoms with Crippen LogP contribution < -0.4 is 10.6 Å². The summed E-state index contributed by atoms with van der Waals surface area (Å²) < 4.78 is 1.94. The number of pyridine rings is 1. The number of rotatable bonds is 3. The van der Waals surface area contributed by atoms with Gasteiger partial charge >= 0.3 is 0 Å². The predicted molar refractivity (Wildman–Crippen MR) is 76.3 cm³/mol. The number of fused-ring (bicyclic) bond motifs is 1. The number of nitrogens with zero attached hydrogens (tertiary/aromatic N) is 4. The molecule has 0 bridgehead atoms. The zero-order chi connectivity index (χ0) is 13.2. The minimum Gasteiger partial charge on any atom is -0.356 e. The van der Waals surface area contributed by atoms with Gasteiger partial charge in [0.15, 0.2) is 5.65 Å². The normalized spacial score (nSPS) is 20.1. The van der Waals surface area contributed by atoms with E-state index < -0.39 is 0 Å². The third kappa shape index (κ3) is 2.42. The summed E-state index contributed by atoms with van der Waals surface area (Å²) in [6.45, 7) is 5.07. The van der Waals surface area contributed by atoms with Crippen molar-refractivity contribution in [2.24, 2.45) is 11.7 Å². The van der Waals surface area contributed by atoms with Gasteiger partial charge in [0.25, 0.3) is 0 Å². The summed E-state index contributed by atoms with van der Waals surface area (Å²) in [6.07, 6.45) is 5.26. The Hall–Kier alpha value is -1.62. The average molecular weight is 259 g/mol. The molecule has 3 heterocycles. The van der Waals surface area contributed by atoms with Crippen LogP contribution in [-0.2, 0) is 0 Å². The molecule has 0 saturated carbocycles. The third-order valence-corrected chi connectivity index (χ3v) is 3.92. The lowest BCUT2D eigenvalue weighted by molar-refractivity contribution is 0.393. The highest BCUT2D eigenvalue weighted by Crippen LogP contribution is 2.25. The average Bonchev–Trinajstić information content (AvgIpc) is 2.86. The number of hydrogen-bond acceptors (Lipinski definition) is 4. The van der Waals surface area contributed by atoms with E-state index in [4.69, 9.17) is 5.73 Å². The van der Waals surface area contributed by atoms with Crippen LogP contribution in [-0.4, -0.2) is 34.2 Å². The Morgan fingerprint density at radius 1 is 1.42 bits per heavy atom. The van der Waals surface area contributed by atoms with Crippen molar-refractivity contribution >= 4 is 11.5 Å². The first kappa shape index (κ1) is 12.4. The zero-order valence-corrected chi connectivity index (χ0v) is 11.4. The first-order valence-electron chi connectivity index (χ1n) is 7.03. The minimum absolute atomic E-state index is 0.706. The highest BCUT2D eigenvalue weighted by Gasteiger charge is 2.21. The second-order valence-corrected chi connectivity index (χ2v) is 5.45. The lowest BCUT2D eigenvalue weighted by atomic mass is 9.95. The SMILES string of the molecule is Cc1cc(N2CCCC(CCN)C2)n2ncnc2c1. The van der Waals surface area contributed by atoms with Gasteiger partial charge in [0, 0.05) is 13.1 Å². The van der Waals surface area contributed by atoms with Crippen LogP contribution in [0.15, 0.2) is 18.5 Å². The molecule has 2 aromatic rings. The Labute approximate surface area is 113 Å². The quantitative estimate of drug-likeness (QED) is 0.909. The number of hydrogen-bond donors (Lipinski definition) is 1. The lowest BCUT2D eigenvalue weighted by Crippen LogP contribution is -2.37. The van der Waals surface area contributed by atoms with Gasteiger partial charge in [-0.25, -0.2) is 4.98 Å². The van der Waals surface area contributed by atoms with Crippen LogP contribution in [0.5, 0.6) is 0 Å². The summed E-state index contributed by atoms with van der Waals surface area (Å²) in [5.41, 5.74) is 7.86. The van der Waals surface area contributed by atoms with E-state index in [1.165, 1.54) is 18.4 Å². The first-order chi connectivity index (χ1) is 9.28. The number of aryl methyl sites for hydroxylation is 1. The molecule has 5 heteroatoms. The summed E-state index contributed by atoms with van der Waals surface area (Å²) >= 11 is 0. The van der Waals surface area contributed by atoms with Crippen molar-refractivity contribution in [1.29, 1.82) is 0 Å². The van der Waals surface area contributed by atoms with Gasteiger partial charge in [0.05, 0.1) is 0 Å². The molecule has 1 saturated heterocycles. The zero-order valence-electron chi connectivity index (χ0n) is 11.4. The smallest absolute Gasteiger partial charge is 0.157 e. The van der Waals surface area contributed by atoms with E-state index in [2.05, 4.69) is 34.0 Å². The van der Waals surface area contributed by atoms with Crippen molar-refractivity contribution in [3.63, 3.8) is 0 Å². The van der Waals surface area contributed by atoms with E-state index in [0.29, 0.717) is 5.92 Å². The molecular formula is C14H21N5. The highest BCUT2D eigenvalue weighted by atomic mass is 15.4. The van der Waals surface area contributed by atoms with Crippen LogP contribution in [0.4, 0.5) is 5.82 Å². The van der Waals surface area contributed by atoms with Crippen LogP contribution in [0, 0.1) is 12.8 Å². The van der Waals surface area contributed by atoms with E-state index >= 15 is 0 Å². The van der Waals surface area contributed by atoms with E-state index in [9.17, 15) is 0 Å². The molecule has 2 N–H and O–H groups in total. The molecule has 3 rings (SSSR count). The first-order valence-corrected chi connectivity index (χ1v) is 7.03. The predicted octanol–water partition coefficient (Wildman–Crippen LogP) is 1.60. The molecule has 1 aliphatic heterocycles. The molecule has 5 nitrogen and oxygen atoms in total. The van der Waals surface area contributed by atoms with Gasteiger partial charge < -0.3 is 10.6 Å². The largest absolute Gasteiger partial charge is 0.356 e. The maximum atomic E-state index is 5.70. The summed E-state index contributed by atoms with van der Waals surface area (Å²) in [5, 5.41) is 4.35. The summed E-state index contributed by atoms with van der Waals surface area (Å²) in [7, 11) is 0. The van der Waals surface area contributed by atoms with Crippen LogP contribution in [0.3, 0.4) is 0 Å². The molecule has 0 spiro atoms. The molecule has 2 aromatic heterocycles. The molecule has 0 radical (unpaired) electrons. The third-order valence-electron chi connectivity index (χ3n) is 3.92. The standard InChI is InChI=1S/C14H21N5/c1-11-7-13-16-10-17-19(13)14(8-11)18-6-2-3-12(9-18)4-5-15/h7-8,10,12H,2-6,9,15H2,1H3. The fraction of sp³-hybridized carbons (Fsp3) is 0.571. The van der Waals surface area contributed by atoms with E-state index in [1.807, 2.05) is 4.52 Å². The Kier molecular flexibility index (Phi) is 3.38. The maximum Gasteiger partial charge on any atom is 0.157 e. The summed E-state index contributed by atoms with van der Waals surface area (Å²) in [4.78, 5) is 6.72. The minimum atomic E-state index is 0.706. The second kappa shape index (κ2) is 5.17. The van der Waals surface area contributed by atoms with Gasteiger partial charge in [-0.15, -0.1) is 0 Å². The van der Waals surface area contributed by atoms with Gasteiger partial charge in [0.2, 0.25) is 0 Å². The fourth-order valence-electron chi connectivity index (χ4n) is 3.01. The van der Waals surface area contributed by atoms with Crippen molar-refractivity contribution in [2.75, 3.05) is 24.5 Å². The highest BCUT2D eigenvalue weighted by molar-refractivity contribution is 5.53. The van der Waals surface area contributed by atoms with Gasteiger partial charge in [-0.05, 0) is 56.3 Å².